The van der Waals surface area contributed by atoms with E-state index in [9.17, 15) is 9.59 Å². The number of quaternary nitrogens is 1. The zero-order valence-electron chi connectivity index (χ0n) is 16.2. The maximum Gasteiger partial charge on any atom is 0.343 e. The summed E-state index contributed by atoms with van der Waals surface area (Å²) in [6.45, 7) is 3.26. The number of amides is 1. The Kier molecular flexibility index (Phi) is 8.33. The minimum Gasteiger partial charge on any atom is -1.00 e. The number of para-hydroxylation sites is 1. The number of benzene rings is 2. The largest absolute Gasteiger partial charge is 1.00 e. The van der Waals surface area contributed by atoms with Crippen LogP contribution >= 0.6 is 0 Å². The maximum absolute atomic E-state index is 12.3. The number of hydrogen-bond donors (Lipinski definition) is 1. The molecule has 154 valence electrons. The molecular weight excluding hydrogens is 394 g/mol. The van der Waals surface area contributed by atoms with Gasteiger partial charge < -0.3 is 26.4 Å². The van der Waals surface area contributed by atoms with E-state index >= 15 is 0 Å². The average Bonchev–Trinajstić information content (AvgIpc) is 2.70. The summed E-state index contributed by atoms with van der Waals surface area (Å²) < 4.78 is 11.4. The van der Waals surface area contributed by atoms with Crippen molar-refractivity contribution in [2.24, 2.45) is 5.10 Å². The Morgan fingerprint density at radius 1 is 1.10 bits per heavy atom. The Labute approximate surface area is 176 Å². The van der Waals surface area contributed by atoms with Crippen LogP contribution in [-0.2, 0) is 9.53 Å². The molecule has 1 aliphatic heterocycles. The fourth-order valence-corrected chi connectivity index (χ4v) is 2.91. The topological polar surface area (TPSA) is 77.0 Å². The zero-order chi connectivity index (χ0) is 19.8. The first kappa shape index (κ1) is 22.5. The number of esters is 1. The van der Waals surface area contributed by atoms with Gasteiger partial charge in [0.1, 0.15) is 18.8 Å². The van der Waals surface area contributed by atoms with E-state index in [2.05, 4.69) is 10.5 Å². The summed E-state index contributed by atoms with van der Waals surface area (Å²) in [6, 6.07) is 15.8. The van der Waals surface area contributed by atoms with Crippen LogP contribution in [0.1, 0.15) is 15.9 Å². The van der Waals surface area contributed by atoms with Crippen LogP contribution < -0.4 is 22.6 Å². The molecule has 8 heteroatoms. The zero-order valence-corrected chi connectivity index (χ0v) is 17.0. The minimum absolute atomic E-state index is 0. The summed E-state index contributed by atoms with van der Waals surface area (Å²) in [5, 5.41) is 4.02. The van der Waals surface area contributed by atoms with Crippen molar-refractivity contribution in [1.82, 2.24) is 5.43 Å². The third kappa shape index (κ3) is 6.67. The van der Waals surface area contributed by atoms with Gasteiger partial charge in [0.15, 0.2) is 6.54 Å². The van der Waals surface area contributed by atoms with Crippen molar-refractivity contribution in [3.63, 3.8) is 0 Å². The Morgan fingerprint density at radius 3 is 2.48 bits per heavy atom. The van der Waals surface area contributed by atoms with E-state index in [0.717, 1.165) is 13.1 Å². The first-order valence-electron chi connectivity index (χ1n) is 9.15. The van der Waals surface area contributed by atoms with E-state index in [1.807, 2.05) is 19.2 Å². The van der Waals surface area contributed by atoms with Crippen molar-refractivity contribution in [2.45, 2.75) is 0 Å². The molecule has 1 fully saturated rings. The molecule has 7 nitrogen and oxygen atoms in total. The summed E-state index contributed by atoms with van der Waals surface area (Å²) in [4.78, 5) is 24.4. The SMILES string of the molecule is C[N+]1(CC(=O)NN=Cc2ccccc2OC(=O)c2ccccc2)CCOCC1.[Cl-]. The number of nitrogens with one attached hydrogen (secondary N) is 1. The predicted octanol–water partition coefficient (Wildman–Crippen LogP) is -1.16. The lowest BCUT2D eigenvalue weighted by atomic mass is 10.2. The van der Waals surface area contributed by atoms with E-state index in [1.54, 1.807) is 42.5 Å². The molecule has 3 rings (SSSR count). The molecule has 2 aromatic carbocycles. The van der Waals surface area contributed by atoms with Gasteiger partial charge in [-0.2, -0.15) is 5.10 Å². The van der Waals surface area contributed by atoms with Gasteiger partial charge in [-0.15, -0.1) is 0 Å². The van der Waals surface area contributed by atoms with Gasteiger partial charge >= 0.3 is 5.97 Å². The van der Waals surface area contributed by atoms with Crippen molar-refractivity contribution in [3.8, 4) is 5.75 Å². The lowest BCUT2D eigenvalue weighted by molar-refractivity contribution is -0.909. The van der Waals surface area contributed by atoms with Crippen molar-refractivity contribution >= 4 is 18.1 Å². The highest BCUT2D eigenvalue weighted by molar-refractivity contribution is 5.93. The third-order valence-electron chi connectivity index (χ3n) is 4.60. The van der Waals surface area contributed by atoms with Crippen LogP contribution in [0, 0.1) is 0 Å². The van der Waals surface area contributed by atoms with Gasteiger partial charge in [0.05, 0.1) is 32.0 Å². The quantitative estimate of drug-likeness (QED) is 0.211. The molecule has 0 unspecified atom stereocenters. The van der Waals surface area contributed by atoms with Crippen LogP contribution in [-0.4, -0.2) is 62.5 Å². The number of morpholine rings is 1. The van der Waals surface area contributed by atoms with Gasteiger partial charge in [-0.05, 0) is 24.3 Å². The monoisotopic (exact) mass is 417 g/mol. The first-order valence-corrected chi connectivity index (χ1v) is 9.15. The Morgan fingerprint density at radius 2 is 1.76 bits per heavy atom. The Balaban J connectivity index is 0.00000300. The highest BCUT2D eigenvalue weighted by Crippen LogP contribution is 2.17. The molecule has 29 heavy (non-hydrogen) atoms. The van der Waals surface area contributed by atoms with E-state index in [4.69, 9.17) is 9.47 Å². The number of rotatable bonds is 6. The molecule has 0 aromatic heterocycles. The van der Waals surface area contributed by atoms with Gasteiger partial charge in [-0.3, -0.25) is 4.79 Å². The van der Waals surface area contributed by atoms with Crippen LogP contribution in [0.15, 0.2) is 59.7 Å². The molecule has 1 heterocycles. The smallest absolute Gasteiger partial charge is 0.343 e. The van der Waals surface area contributed by atoms with Crippen LogP contribution in [0.5, 0.6) is 5.75 Å². The van der Waals surface area contributed by atoms with Crippen molar-refractivity contribution in [1.29, 1.82) is 0 Å². The summed E-state index contributed by atoms with van der Waals surface area (Å²) in [5.74, 6) is -0.240. The molecular formula is C21H24ClN3O4. The van der Waals surface area contributed by atoms with Gasteiger partial charge in [-0.25, -0.2) is 10.2 Å². The Bertz CT molecular complexity index is 852. The second-order valence-electron chi connectivity index (χ2n) is 6.92. The molecule has 0 spiro atoms. The fourth-order valence-electron chi connectivity index (χ4n) is 2.91. The molecule has 1 saturated heterocycles. The molecule has 2 aromatic rings. The number of nitrogens with zero attached hydrogens (tertiary/aromatic N) is 2. The van der Waals surface area contributed by atoms with Crippen molar-refractivity contribution in [2.75, 3.05) is 39.9 Å². The highest BCUT2D eigenvalue weighted by atomic mass is 35.5. The third-order valence-corrected chi connectivity index (χ3v) is 4.60. The number of ether oxygens (including phenoxy) is 2. The van der Waals surface area contributed by atoms with Crippen molar-refractivity contribution in [3.05, 3.63) is 65.7 Å². The summed E-state index contributed by atoms with van der Waals surface area (Å²) in [7, 11) is 2.03. The van der Waals surface area contributed by atoms with Gasteiger partial charge in [0, 0.05) is 5.56 Å². The molecule has 0 saturated carbocycles. The lowest BCUT2D eigenvalue weighted by Gasteiger charge is -2.36. The van der Waals surface area contributed by atoms with Crippen LogP contribution in [0.3, 0.4) is 0 Å². The van der Waals surface area contributed by atoms with Crippen LogP contribution in [0.25, 0.3) is 0 Å². The average molecular weight is 418 g/mol. The first-order chi connectivity index (χ1) is 13.6. The standard InChI is InChI=1S/C21H23N3O4.ClH/c1-24(11-13-27-14-12-24)16-20(25)23-22-15-18-9-5-6-10-19(18)28-21(26)17-7-3-2-4-8-17;/h2-10,15H,11-14,16H2,1H3;1H. The second-order valence-corrected chi connectivity index (χ2v) is 6.92. The van der Waals surface area contributed by atoms with Crippen molar-refractivity contribution < 1.29 is 36.0 Å². The van der Waals surface area contributed by atoms with E-state index in [1.165, 1.54) is 6.21 Å². The molecule has 0 aliphatic carbocycles. The molecule has 0 atom stereocenters. The van der Waals surface area contributed by atoms with Gasteiger partial charge in [0.25, 0.3) is 5.91 Å². The summed E-state index contributed by atoms with van der Waals surface area (Å²) in [5.41, 5.74) is 3.61. The molecule has 1 aliphatic rings. The molecule has 0 bridgehead atoms. The number of hydrazone groups is 1. The van der Waals surface area contributed by atoms with Gasteiger partial charge in [-0.1, -0.05) is 30.3 Å². The highest BCUT2D eigenvalue weighted by Gasteiger charge is 2.28. The van der Waals surface area contributed by atoms with E-state index in [-0.39, 0.29) is 18.3 Å². The maximum atomic E-state index is 12.3. The molecule has 1 N–H and O–H groups in total. The molecule has 0 radical (unpaired) electrons. The fraction of sp³-hybridized carbons (Fsp3) is 0.286. The van der Waals surface area contributed by atoms with E-state index < -0.39 is 5.97 Å². The number of halogens is 1. The molecule has 1 amide bonds. The number of hydrogen-bond acceptors (Lipinski definition) is 5. The number of likely N-dealkylation sites (N-methyl/N-ethyl adjacent to an activating group) is 1. The Hall–Kier alpha value is -2.74. The number of carbonyl (C=O) groups is 2. The lowest BCUT2D eigenvalue weighted by Crippen LogP contribution is -3.00. The predicted molar refractivity (Wildman–Crippen MR) is 105 cm³/mol. The van der Waals surface area contributed by atoms with Gasteiger partial charge in [0.2, 0.25) is 0 Å². The summed E-state index contributed by atoms with van der Waals surface area (Å²) >= 11 is 0. The number of carbonyl (C=O) groups excluding carboxylic acids is 2. The summed E-state index contributed by atoms with van der Waals surface area (Å²) in [6.07, 6.45) is 1.48. The normalized spacial score (nSPS) is 15.3. The second kappa shape index (κ2) is 10.7. The van der Waals surface area contributed by atoms with E-state index in [0.29, 0.717) is 41.1 Å². The minimum atomic E-state index is -0.449. The van der Waals surface area contributed by atoms with Crippen LogP contribution in [0.4, 0.5) is 0 Å². The van der Waals surface area contributed by atoms with Crippen LogP contribution in [0.2, 0.25) is 0 Å².